The molecule has 0 fully saturated rings. The van der Waals surface area contributed by atoms with E-state index in [1.54, 1.807) is 0 Å². The summed E-state index contributed by atoms with van der Waals surface area (Å²) in [5.74, 6) is -1.33. The lowest BCUT2D eigenvalue weighted by molar-refractivity contribution is -0.139. The van der Waals surface area contributed by atoms with Crippen molar-refractivity contribution in [2.24, 2.45) is 0 Å². The van der Waals surface area contributed by atoms with Crippen LogP contribution in [0.25, 0.3) is 11.1 Å². The number of nitrogens with one attached hydrogen (secondary N) is 1. The van der Waals surface area contributed by atoms with E-state index in [2.05, 4.69) is 10.3 Å². The summed E-state index contributed by atoms with van der Waals surface area (Å²) < 4.78 is 5.42. The first kappa shape index (κ1) is 20.1. The number of carbonyl (C=O) groups is 2. The molecular weight excluding hydrogens is 394 g/mol. The summed E-state index contributed by atoms with van der Waals surface area (Å²) in [6, 6.07) is 19.7. The van der Waals surface area contributed by atoms with Crippen LogP contribution < -0.4 is 5.32 Å². The third-order valence-electron chi connectivity index (χ3n) is 5.29. The number of benzene rings is 2. The van der Waals surface area contributed by atoms with Gasteiger partial charge in [-0.1, -0.05) is 48.5 Å². The highest BCUT2D eigenvalue weighted by Crippen LogP contribution is 2.44. The van der Waals surface area contributed by atoms with Crippen molar-refractivity contribution in [2.75, 3.05) is 6.61 Å². The number of pyridine rings is 1. The number of nitrogens with zero attached hydrogens (tertiary/aromatic N) is 2. The molecule has 2 aromatic carbocycles. The van der Waals surface area contributed by atoms with Crippen molar-refractivity contribution >= 4 is 12.1 Å². The number of rotatable bonds is 6. The van der Waals surface area contributed by atoms with E-state index in [1.807, 2.05) is 54.6 Å². The smallest absolute Gasteiger partial charge is 0.407 e. The van der Waals surface area contributed by atoms with Crippen molar-refractivity contribution in [2.45, 2.75) is 18.4 Å². The van der Waals surface area contributed by atoms with E-state index in [0.29, 0.717) is 11.3 Å². The first-order chi connectivity index (χ1) is 15.1. The molecule has 154 valence electrons. The topological polar surface area (TPSA) is 112 Å². The number of hydrogen-bond acceptors (Lipinski definition) is 5. The van der Waals surface area contributed by atoms with Crippen LogP contribution in [0.1, 0.15) is 28.3 Å². The van der Waals surface area contributed by atoms with E-state index in [0.717, 1.165) is 22.3 Å². The Labute approximate surface area is 178 Å². The molecule has 0 saturated carbocycles. The van der Waals surface area contributed by atoms with Gasteiger partial charge in [-0.25, -0.2) is 9.59 Å². The number of carbonyl (C=O) groups excluding carboxylic acids is 1. The van der Waals surface area contributed by atoms with Crippen LogP contribution >= 0.6 is 0 Å². The first-order valence-corrected chi connectivity index (χ1v) is 9.76. The van der Waals surface area contributed by atoms with Gasteiger partial charge in [0.15, 0.2) is 0 Å². The zero-order valence-corrected chi connectivity index (χ0v) is 16.5. The summed E-state index contributed by atoms with van der Waals surface area (Å²) in [6.07, 6.45) is 0.556. The molecule has 1 aromatic heterocycles. The molecular formula is C24H19N3O4. The number of aliphatic carboxylic acids is 1. The molecule has 7 heteroatoms. The van der Waals surface area contributed by atoms with Gasteiger partial charge in [0.1, 0.15) is 12.6 Å². The van der Waals surface area contributed by atoms with Crippen LogP contribution in [-0.2, 0) is 16.0 Å². The molecule has 1 amide bonds. The quantitative estimate of drug-likeness (QED) is 0.640. The van der Waals surface area contributed by atoms with Gasteiger partial charge in [-0.05, 0) is 34.4 Å². The zero-order valence-electron chi connectivity index (χ0n) is 16.5. The minimum absolute atomic E-state index is 0.0605. The van der Waals surface area contributed by atoms with Crippen LogP contribution in [0.4, 0.5) is 4.79 Å². The first-order valence-electron chi connectivity index (χ1n) is 9.76. The second-order valence-corrected chi connectivity index (χ2v) is 7.21. The van der Waals surface area contributed by atoms with Gasteiger partial charge < -0.3 is 15.2 Å². The van der Waals surface area contributed by atoms with Crippen LogP contribution in [-0.4, -0.2) is 34.8 Å². The van der Waals surface area contributed by atoms with Crippen molar-refractivity contribution in [3.8, 4) is 17.2 Å². The van der Waals surface area contributed by atoms with Gasteiger partial charge in [-0.3, -0.25) is 4.98 Å². The van der Waals surface area contributed by atoms with Crippen molar-refractivity contribution in [3.63, 3.8) is 0 Å². The number of carboxylic acids is 1. The number of alkyl carbamates (subject to hydrolysis) is 1. The van der Waals surface area contributed by atoms with E-state index in [9.17, 15) is 14.7 Å². The van der Waals surface area contributed by atoms with E-state index in [1.165, 1.54) is 18.3 Å². The lowest BCUT2D eigenvalue weighted by atomic mass is 9.98. The Kier molecular flexibility index (Phi) is 5.63. The molecule has 3 aromatic rings. The van der Waals surface area contributed by atoms with Gasteiger partial charge in [0, 0.05) is 24.2 Å². The number of carboxylic acid groups (broad SMARTS) is 1. The highest BCUT2D eigenvalue weighted by Gasteiger charge is 2.29. The molecule has 4 rings (SSSR count). The van der Waals surface area contributed by atoms with Crippen molar-refractivity contribution in [1.29, 1.82) is 5.26 Å². The van der Waals surface area contributed by atoms with Crippen molar-refractivity contribution in [1.82, 2.24) is 10.3 Å². The number of aromatic nitrogens is 1. The maximum atomic E-state index is 12.4. The van der Waals surface area contributed by atoms with E-state index in [4.69, 9.17) is 10.00 Å². The summed E-state index contributed by atoms with van der Waals surface area (Å²) in [5, 5.41) is 20.9. The number of ether oxygens (including phenoxy) is 1. The molecule has 1 aliphatic rings. The Morgan fingerprint density at radius 2 is 1.74 bits per heavy atom. The Hall–Kier alpha value is -4.18. The number of amides is 1. The van der Waals surface area contributed by atoms with Crippen molar-refractivity contribution in [3.05, 3.63) is 89.2 Å². The van der Waals surface area contributed by atoms with Gasteiger partial charge in [0.25, 0.3) is 0 Å². The summed E-state index contributed by atoms with van der Waals surface area (Å²) in [5.41, 5.74) is 5.13. The predicted molar refractivity (Wildman–Crippen MR) is 112 cm³/mol. The maximum absolute atomic E-state index is 12.4. The number of nitriles is 1. The summed E-state index contributed by atoms with van der Waals surface area (Å²) >= 11 is 0. The molecule has 7 nitrogen and oxygen atoms in total. The lowest BCUT2D eigenvalue weighted by Crippen LogP contribution is -2.43. The normalized spacial score (nSPS) is 12.9. The minimum atomic E-state index is -1.22. The fourth-order valence-corrected chi connectivity index (χ4v) is 3.85. The largest absolute Gasteiger partial charge is 0.480 e. The standard InChI is InChI=1S/C24H19N3O4/c25-13-15-9-10-26-16(11-15)12-22(23(28)29)27-24(30)31-14-21-19-7-3-1-5-17(19)18-6-2-4-8-20(18)21/h1-11,21-22H,12,14H2,(H,27,30)(H,28,29). The second kappa shape index (κ2) is 8.67. The summed E-state index contributed by atoms with van der Waals surface area (Å²) in [7, 11) is 0. The Morgan fingerprint density at radius 3 is 2.35 bits per heavy atom. The van der Waals surface area contributed by atoms with Gasteiger partial charge in [0.05, 0.1) is 11.6 Å². The average molecular weight is 413 g/mol. The van der Waals surface area contributed by atoms with Crippen LogP contribution in [0.15, 0.2) is 66.9 Å². The maximum Gasteiger partial charge on any atom is 0.407 e. The molecule has 0 saturated heterocycles. The lowest BCUT2D eigenvalue weighted by Gasteiger charge is -2.17. The minimum Gasteiger partial charge on any atom is -0.480 e. The molecule has 1 unspecified atom stereocenters. The monoisotopic (exact) mass is 413 g/mol. The second-order valence-electron chi connectivity index (χ2n) is 7.21. The highest BCUT2D eigenvalue weighted by molar-refractivity contribution is 5.81. The number of fused-ring (bicyclic) bond motifs is 3. The zero-order chi connectivity index (χ0) is 21.8. The fraction of sp³-hybridized carbons (Fsp3) is 0.167. The van der Waals surface area contributed by atoms with Crippen LogP contribution in [0, 0.1) is 11.3 Å². The molecule has 0 aliphatic heterocycles. The summed E-state index contributed by atoms with van der Waals surface area (Å²) in [6.45, 7) is 0.0916. The van der Waals surface area contributed by atoms with E-state index in [-0.39, 0.29) is 18.9 Å². The molecule has 2 N–H and O–H groups in total. The molecule has 1 aliphatic carbocycles. The van der Waals surface area contributed by atoms with Crippen LogP contribution in [0.3, 0.4) is 0 Å². The third-order valence-corrected chi connectivity index (χ3v) is 5.29. The van der Waals surface area contributed by atoms with Crippen LogP contribution in [0.2, 0.25) is 0 Å². The molecule has 0 spiro atoms. The van der Waals surface area contributed by atoms with Crippen molar-refractivity contribution < 1.29 is 19.4 Å². The Bertz CT molecular complexity index is 1140. The van der Waals surface area contributed by atoms with E-state index < -0.39 is 18.1 Å². The van der Waals surface area contributed by atoms with E-state index >= 15 is 0 Å². The third kappa shape index (κ3) is 4.23. The molecule has 0 bridgehead atoms. The summed E-state index contributed by atoms with van der Waals surface area (Å²) in [4.78, 5) is 28.1. The fourth-order valence-electron chi connectivity index (χ4n) is 3.85. The highest BCUT2D eigenvalue weighted by atomic mass is 16.5. The Balaban J connectivity index is 1.43. The molecule has 1 atom stereocenters. The molecule has 0 radical (unpaired) electrons. The predicted octanol–water partition coefficient (Wildman–Crippen LogP) is 3.49. The van der Waals surface area contributed by atoms with Crippen LogP contribution in [0.5, 0.6) is 0 Å². The van der Waals surface area contributed by atoms with Gasteiger partial charge in [-0.15, -0.1) is 0 Å². The molecule has 31 heavy (non-hydrogen) atoms. The SMILES string of the molecule is N#Cc1ccnc(CC(NC(=O)OCC2c3ccccc3-c3ccccc32)C(=O)O)c1. The molecule has 1 heterocycles. The Morgan fingerprint density at radius 1 is 1.10 bits per heavy atom. The van der Waals surface area contributed by atoms with Gasteiger partial charge in [0.2, 0.25) is 0 Å². The number of hydrogen-bond donors (Lipinski definition) is 2. The van der Waals surface area contributed by atoms with Gasteiger partial charge >= 0.3 is 12.1 Å². The average Bonchev–Trinajstić information content (AvgIpc) is 3.11. The van der Waals surface area contributed by atoms with Gasteiger partial charge in [-0.2, -0.15) is 5.26 Å².